The number of ether oxygens (including phenoxy) is 3. The van der Waals surface area contributed by atoms with Crippen LogP contribution >= 0.6 is 0 Å². The maximum absolute atomic E-state index is 12.7. The highest BCUT2D eigenvalue weighted by Crippen LogP contribution is 2.26. The van der Waals surface area contributed by atoms with Crippen molar-refractivity contribution < 1.29 is 33.3 Å². The normalized spacial score (nSPS) is 11.1. The topological polar surface area (TPSA) is 120 Å². The van der Waals surface area contributed by atoms with E-state index in [0.717, 1.165) is 11.1 Å². The Balaban J connectivity index is 1.31. The van der Waals surface area contributed by atoms with Gasteiger partial charge >= 0.3 is 5.97 Å². The Labute approximate surface area is 219 Å². The first-order valence-electron chi connectivity index (χ1n) is 11.7. The van der Waals surface area contributed by atoms with E-state index in [9.17, 15) is 9.59 Å². The average molecular weight is 515 g/mol. The van der Waals surface area contributed by atoms with Gasteiger partial charge in [0.1, 0.15) is 24.7 Å². The van der Waals surface area contributed by atoms with Crippen molar-refractivity contribution in [2.24, 2.45) is 5.10 Å². The number of hydrogen-bond acceptors (Lipinski definition) is 7. The van der Waals surface area contributed by atoms with Gasteiger partial charge in [-0.15, -0.1) is 0 Å². The molecule has 0 spiro atoms. The molecule has 0 fully saturated rings. The molecule has 0 saturated heterocycles. The zero-order valence-corrected chi connectivity index (χ0v) is 20.8. The van der Waals surface area contributed by atoms with Crippen LogP contribution < -0.4 is 19.6 Å². The van der Waals surface area contributed by atoms with E-state index in [1.165, 1.54) is 6.07 Å². The van der Waals surface area contributed by atoms with Crippen LogP contribution in [0.3, 0.4) is 0 Å². The van der Waals surface area contributed by atoms with Crippen molar-refractivity contribution in [1.82, 2.24) is 5.43 Å². The number of nitrogens with zero attached hydrogens (tertiary/aromatic N) is 1. The molecule has 194 valence electrons. The summed E-state index contributed by atoms with van der Waals surface area (Å²) in [5.41, 5.74) is 5.27. The summed E-state index contributed by atoms with van der Waals surface area (Å²) in [6, 6.07) is 24.5. The molecule has 4 aromatic rings. The molecule has 9 heteroatoms. The van der Waals surface area contributed by atoms with Gasteiger partial charge in [0.05, 0.1) is 12.8 Å². The van der Waals surface area contributed by atoms with E-state index in [-0.39, 0.29) is 24.9 Å². The number of rotatable bonds is 11. The minimum atomic E-state index is -1.13. The first-order chi connectivity index (χ1) is 18.4. The van der Waals surface area contributed by atoms with Crippen LogP contribution in [0.25, 0.3) is 0 Å². The van der Waals surface area contributed by atoms with E-state index in [2.05, 4.69) is 10.5 Å². The number of carboxylic acid groups (broad SMARTS) is 1. The van der Waals surface area contributed by atoms with Gasteiger partial charge in [-0.25, -0.2) is 10.2 Å². The first kappa shape index (κ1) is 26.0. The van der Waals surface area contributed by atoms with Gasteiger partial charge < -0.3 is 23.7 Å². The molecular weight excluding hydrogens is 488 g/mol. The quantitative estimate of drug-likeness (QED) is 0.206. The maximum Gasteiger partial charge on any atom is 0.371 e. The molecule has 0 radical (unpaired) electrons. The third-order valence-electron chi connectivity index (χ3n) is 5.50. The molecule has 1 aromatic heterocycles. The molecule has 3 aromatic carbocycles. The summed E-state index contributed by atoms with van der Waals surface area (Å²) in [4.78, 5) is 23.6. The Bertz CT molecular complexity index is 1440. The second kappa shape index (κ2) is 12.3. The van der Waals surface area contributed by atoms with Gasteiger partial charge in [0.2, 0.25) is 5.76 Å². The number of carbonyl (C=O) groups excluding carboxylic acids is 1. The Kier molecular flexibility index (Phi) is 8.40. The molecule has 2 N–H and O–H groups in total. The number of para-hydroxylation sites is 2. The minimum absolute atomic E-state index is 0.0960. The van der Waals surface area contributed by atoms with Gasteiger partial charge in [0, 0.05) is 5.56 Å². The molecule has 4 rings (SSSR count). The standard InChI is InChI=1S/C29H26N2O7/c1-19(21-10-12-23(13-11-21)36-18-24-14-15-27(38-24)29(33)34)30-31-28(32)22-7-5-6-20(16-22)17-37-26-9-4-3-8-25(26)35-2/h3-16H,17-18H2,1-2H3,(H,31,32)(H,33,34)/b30-19+. The fourth-order valence-electron chi connectivity index (χ4n) is 3.48. The summed E-state index contributed by atoms with van der Waals surface area (Å²) >= 11 is 0. The summed E-state index contributed by atoms with van der Waals surface area (Å²) in [5, 5.41) is 13.1. The van der Waals surface area contributed by atoms with E-state index in [0.29, 0.717) is 34.3 Å². The van der Waals surface area contributed by atoms with Crippen molar-refractivity contribution in [3.8, 4) is 17.2 Å². The third-order valence-corrected chi connectivity index (χ3v) is 5.50. The number of amides is 1. The van der Waals surface area contributed by atoms with Crippen molar-refractivity contribution in [3.05, 3.63) is 113 Å². The van der Waals surface area contributed by atoms with Crippen molar-refractivity contribution >= 4 is 17.6 Å². The molecule has 0 aliphatic carbocycles. The first-order valence-corrected chi connectivity index (χ1v) is 11.7. The average Bonchev–Trinajstić information content (AvgIpc) is 3.44. The Hall–Kier alpha value is -5.05. The van der Waals surface area contributed by atoms with E-state index in [1.807, 2.05) is 30.3 Å². The van der Waals surface area contributed by atoms with Crippen LogP contribution in [0.1, 0.15) is 44.7 Å². The molecule has 0 unspecified atom stereocenters. The predicted octanol–water partition coefficient (Wildman–Crippen LogP) is 5.30. The Morgan fingerprint density at radius 1 is 0.868 bits per heavy atom. The fourth-order valence-corrected chi connectivity index (χ4v) is 3.48. The molecule has 0 saturated carbocycles. The lowest BCUT2D eigenvalue weighted by atomic mass is 10.1. The summed E-state index contributed by atoms with van der Waals surface area (Å²) in [7, 11) is 1.58. The highest BCUT2D eigenvalue weighted by molar-refractivity contribution is 6.01. The number of hydrogen-bond donors (Lipinski definition) is 2. The van der Waals surface area contributed by atoms with Crippen LogP contribution in [0.4, 0.5) is 0 Å². The summed E-state index contributed by atoms with van der Waals surface area (Å²) in [6.45, 7) is 2.15. The molecule has 38 heavy (non-hydrogen) atoms. The van der Waals surface area contributed by atoms with Crippen molar-refractivity contribution in [3.63, 3.8) is 0 Å². The molecule has 0 bridgehead atoms. The largest absolute Gasteiger partial charge is 0.493 e. The molecule has 0 aliphatic rings. The number of furan rings is 1. The van der Waals surface area contributed by atoms with E-state index >= 15 is 0 Å². The van der Waals surface area contributed by atoms with Gasteiger partial charge in [-0.2, -0.15) is 5.10 Å². The van der Waals surface area contributed by atoms with Crippen LogP contribution in [-0.2, 0) is 13.2 Å². The van der Waals surface area contributed by atoms with E-state index in [4.69, 9.17) is 23.7 Å². The zero-order valence-electron chi connectivity index (χ0n) is 20.8. The molecular formula is C29H26N2O7. The zero-order chi connectivity index (χ0) is 26.9. The lowest BCUT2D eigenvalue weighted by molar-refractivity contribution is 0.0658. The SMILES string of the molecule is COc1ccccc1OCc1cccc(C(=O)N/N=C(\C)c2ccc(OCc3ccc(C(=O)O)o3)cc2)c1. The van der Waals surface area contributed by atoms with Crippen LogP contribution in [0, 0.1) is 0 Å². The van der Waals surface area contributed by atoms with Crippen molar-refractivity contribution in [2.75, 3.05) is 7.11 Å². The number of methoxy groups -OCH3 is 1. The number of hydrazone groups is 1. The maximum atomic E-state index is 12.7. The summed E-state index contributed by atoms with van der Waals surface area (Å²) < 4.78 is 22.0. The number of aromatic carboxylic acids is 1. The molecule has 1 amide bonds. The van der Waals surface area contributed by atoms with Crippen molar-refractivity contribution in [2.45, 2.75) is 20.1 Å². The number of carboxylic acids is 1. The molecule has 1 heterocycles. The third kappa shape index (κ3) is 6.79. The van der Waals surface area contributed by atoms with E-state index < -0.39 is 5.97 Å². The Morgan fingerprint density at radius 3 is 2.34 bits per heavy atom. The smallest absolute Gasteiger partial charge is 0.371 e. The van der Waals surface area contributed by atoms with E-state index in [1.54, 1.807) is 62.6 Å². The molecule has 0 atom stereocenters. The lowest BCUT2D eigenvalue weighted by Gasteiger charge is -2.11. The summed E-state index contributed by atoms with van der Waals surface area (Å²) in [5.74, 6) is 0.623. The van der Waals surface area contributed by atoms with Gasteiger partial charge in [-0.1, -0.05) is 24.3 Å². The van der Waals surface area contributed by atoms with Crippen LogP contribution in [0.5, 0.6) is 17.2 Å². The van der Waals surface area contributed by atoms with Crippen LogP contribution in [0.2, 0.25) is 0 Å². The minimum Gasteiger partial charge on any atom is -0.493 e. The number of carbonyl (C=O) groups is 2. The van der Waals surface area contributed by atoms with Crippen LogP contribution in [0.15, 0.2) is 94.4 Å². The summed E-state index contributed by atoms with van der Waals surface area (Å²) in [6.07, 6.45) is 0. The number of nitrogens with one attached hydrogen (secondary N) is 1. The molecule has 0 aliphatic heterocycles. The molecule has 9 nitrogen and oxygen atoms in total. The monoisotopic (exact) mass is 514 g/mol. The predicted molar refractivity (Wildman–Crippen MR) is 140 cm³/mol. The van der Waals surface area contributed by atoms with Gasteiger partial charge in [-0.05, 0) is 78.7 Å². The highest BCUT2D eigenvalue weighted by Gasteiger charge is 2.10. The lowest BCUT2D eigenvalue weighted by Crippen LogP contribution is -2.19. The van der Waals surface area contributed by atoms with Gasteiger partial charge in [0.15, 0.2) is 11.5 Å². The van der Waals surface area contributed by atoms with Gasteiger partial charge in [-0.3, -0.25) is 4.79 Å². The van der Waals surface area contributed by atoms with Crippen LogP contribution in [-0.4, -0.2) is 29.8 Å². The second-order valence-corrected chi connectivity index (χ2v) is 8.16. The highest BCUT2D eigenvalue weighted by atomic mass is 16.5. The van der Waals surface area contributed by atoms with Gasteiger partial charge in [0.25, 0.3) is 5.91 Å². The fraction of sp³-hybridized carbons (Fsp3) is 0.138. The number of benzene rings is 3. The second-order valence-electron chi connectivity index (χ2n) is 8.16. The Morgan fingerprint density at radius 2 is 1.63 bits per heavy atom. The van der Waals surface area contributed by atoms with Crippen molar-refractivity contribution in [1.29, 1.82) is 0 Å².